The Morgan fingerprint density at radius 3 is 2.58 bits per heavy atom. The molecule has 0 aliphatic carbocycles. The summed E-state index contributed by atoms with van der Waals surface area (Å²) in [5, 5.41) is 0.732. The molecule has 9 heteroatoms. The van der Waals surface area contributed by atoms with Crippen molar-refractivity contribution >= 4 is 39.6 Å². The van der Waals surface area contributed by atoms with Crippen LogP contribution in [0.3, 0.4) is 0 Å². The van der Waals surface area contributed by atoms with Crippen molar-refractivity contribution < 1.29 is 4.74 Å². The lowest BCUT2D eigenvalue weighted by molar-refractivity contribution is 0.122. The number of morpholine rings is 1. The van der Waals surface area contributed by atoms with E-state index in [2.05, 4.69) is 42.6 Å². The summed E-state index contributed by atoms with van der Waals surface area (Å²) >= 11 is 6.09. The molecule has 1 aliphatic rings. The second-order valence-corrected chi connectivity index (χ2v) is 8.51. The van der Waals surface area contributed by atoms with Crippen molar-refractivity contribution in [2.24, 2.45) is 0 Å². The molecule has 0 bridgehead atoms. The molecule has 1 saturated heterocycles. The van der Waals surface area contributed by atoms with Crippen molar-refractivity contribution in [3.05, 3.63) is 77.6 Å². The Morgan fingerprint density at radius 1 is 0.909 bits per heavy atom. The molecule has 3 aromatic heterocycles. The maximum atomic E-state index is 6.09. The minimum absolute atomic E-state index is 0.554. The summed E-state index contributed by atoms with van der Waals surface area (Å²) in [6.45, 7) is 4.25. The van der Waals surface area contributed by atoms with Crippen LogP contribution in [0.4, 0.5) is 5.82 Å². The van der Waals surface area contributed by atoms with E-state index in [1.807, 2.05) is 41.2 Å². The van der Waals surface area contributed by atoms with Gasteiger partial charge in [0.15, 0.2) is 17.0 Å². The molecule has 0 saturated carbocycles. The summed E-state index contributed by atoms with van der Waals surface area (Å²) in [4.78, 5) is 20.9. The summed E-state index contributed by atoms with van der Waals surface area (Å²) in [5.74, 6) is 1.80. The quantitative estimate of drug-likeness (QED) is 0.398. The Balaban J connectivity index is 1.39. The molecule has 1 aliphatic heterocycles. The van der Waals surface area contributed by atoms with Crippen LogP contribution in [0, 0.1) is 0 Å². The first-order valence-corrected chi connectivity index (χ1v) is 11.3. The van der Waals surface area contributed by atoms with Gasteiger partial charge in [-0.05, 0) is 29.8 Å². The Morgan fingerprint density at radius 2 is 1.73 bits per heavy atom. The van der Waals surface area contributed by atoms with Crippen molar-refractivity contribution in [1.82, 2.24) is 29.1 Å². The summed E-state index contributed by atoms with van der Waals surface area (Å²) in [6, 6.07) is 16.1. The molecule has 0 spiro atoms. The van der Waals surface area contributed by atoms with E-state index in [1.165, 1.54) is 0 Å². The number of fused-ring (bicyclic) bond motifs is 2. The van der Waals surface area contributed by atoms with Crippen molar-refractivity contribution in [3.8, 4) is 0 Å². The molecule has 8 nitrogen and oxygen atoms in total. The molecule has 5 aromatic rings. The molecular formula is C24H22ClN7O. The minimum Gasteiger partial charge on any atom is -0.378 e. The molecule has 4 heterocycles. The predicted molar refractivity (Wildman–Crippen MR) is 128 cm³/mol. The number of nitrogens with zero attached hydrogens (tertiary/aromatic N) is 7. The van der Waals surface area contributed by atoms with E-state index >= 15 is 0 Å². The van der Waals surface area contributed by atoms with Crippen LogP contribution >= 0.6 is 11.6 Å². The normalized spacial score (nSPS) is 14.4. The molecule has 2 aromatic carbocycles. The SMILES string of the molecule is Clc1ccc(Cn2c(Cn3cnc4c(N5CCOCC5)ncnc43)nc3ccccc32)cc1. The molecule has 0 amide bonds. The zero-order chi connectivity index (χ0) is 22.2. The lowest BCUT2D eigenvalue weighted by atomic mass is 10.2. The topological polar surface area (TPSA) is 73.9 Å². The fourth-order valence-electron chi connectivity index (χ4n) is 4.34. The van der Waals surface area contributed by atoms with E-state index in [0.717, 1.165) is 57.5 Å². The first kappa shape index (κ1) is 20.1. The second-order valence-electron chi connectivity index (χ2n) is 8.07. The summed E-state index contributed by atoms with van der Waals surface area (Å²) in [6.07, 6.45) is 3.44. The van der Waals surface area contributed by atoms with Crippen LogP contribution in [-0.4, -0.2) is 55.4 Å². The molecule has 0 unspecified atom stereocenters. The number of halogens is 1. The first-order chi connectivity index (χ1) is 16.3. The number of aromatic nitrogens is 6. The minimum atomic E-state index is 0.554. The molecule has 6 rings (SSSR count). The van der Waals surface area contributed by atoms with E-state index in [-0.39, 0.29) is 0 Å². The highest BCUT2D eigenvalue weighted by Gasteiger charge is 2.19. The van der Waals surface area contributed by atoms with Crippen LogP contribution in [0.2, 0.25) is 5.02 Å². The third-order valence-electron chi connectivity index (χ3n) is 5.99. The van der Waals surface area contributed by atoms with Crippen LogP contribution in [-0.2, 0) is 17.8 Å². The number of ether oxygens (including phenoxy) is 1. The molecule has 166 valence electrons. The number of rotatable bonds is 5. The standard InChI is InChI=1S/C24H22ClN7O/c25-18-7-5-17(6-8-18)13-32-20-4-2-1-3-19(20)29-21(32)14-31-16-28-22-23(26-15-27-24(22)31)30-9-11-33-12-10-30/h1-8,15-16H,9-14H2. The van der Waals surface area contributed by atoms with Gasteiger partial charge in [-0.15, -0.1) is 0 Å². The van der Waals surface area contributed by atoms with Gasteiger partial charge in [0.05, 0.1) is 37.1 Å². The molecular weight excluding hydrogens is 438 g/mol. The maximum Gasteiger partial charge on any atom is 0.165 e. The monoisotopic (exact) mass is 459 g/mol. The van der Waals surface area contributed by atoms with Crippen LogP contribution < -0.4 is 4.90 Å². The van der Waals surface area contributed by atoms with E-state index in [1.54, 1.807) is 6.33 Å². The predicted octanol–water partition coefficient (Wildman–Crippen LogP) is 3.76. The van der Waals surface area contributed by atoms with Gasteiger partial charge in [0.1, 0.15) is 12.2 Å². The average molecular weight is 460 g/mol. The largest absolute Gasteiger partial charge is 0.378 e. The third kappa shape index (κ3) is 3.81. The van der Waals surface area contributed by atoms with Gasteiger partial charge in [0.2, 0.25) is 0 Å². The van der Waals surface area contributed by atoms with Gasteiger partial charge in [0.25, 0.3) is 0 Å². The highest BCUT2D eigenvalue weighted by molar-refractivity contribution is 6.30. The number of hydrogen-bond acceptors (Lipinski definition) is 6. The number of benzene rings is 2. The van der Waals surface area contributed by atoms with E-state index in [0.29, 0.717) is 26.3 Å². The number of hydrogen-bond donors (Lipinski definition) is 0. The molecule has 1 fully saturated rings. The molecule has 0 radical (unpaired) electrons. The smallest absolute Gasteiger partial charge is 0.165 e. The van der Waals surface area contributed by atoms with Crippen molar-refractivity contribution in [2.45, 2.75) is 13.1 Å². The lowest BCUT2D eigenvalue weighted by Crippen LogP contribution is -2.36. The number of anilines is 1. The maximum absolute atomic E-state index is 6.09. The Bertz CT molecular complexity index is 1420. The molecule has 33 heavy (non-hydrogen) atoms. The van der Waals surface area contributed by atoms with E-state index in [9.17, 15) is 0 Å². The van der Waals surface area contributed by atoms with Gasteiger partial charge in [-0.1, -0.05) is 35.9 Å². The van der Waals surface area contributed by atoms with Crippen LogP contribution in [0.5, 0.6) is 0 Å². The van der Waals surface area contributed by atoms with Crippen LogP contribution in [0.25, 0.3) is 22.2 Å². The molecule has 0 N–H and O–H groups in total. The van der Waals surface area contributed by atoms with Crippen molar-refractivity contribution in [3.63, 3.8) is 0 Å². The summed E-state index contributed by atoms with van der Waals surface area (Å²) in [5.41, 5.74) is 4.83. The fraction of sp³-hybridized carbons (Fsp3) is 0.250. The Labute approximate surface area is 195 Å². The van der Waals surface area contributed by atoms with Gasteiger partial charge in [-0.2, -0.15) is 0 Å². The summed E-state index contributed by atoms with van der Waals surface area (Å²) in [7, 11) is 0. The lowest BCUT2D eigenvalue weighted by Gasteiger charge is -2.27. The van der Waals surface area contributed by atoms with Crippen LogP contribution in [0.15, 0.2) is 61.2 Å². The second kappa shape index (κ2) is 8.46. The van der Waals surface area contributed by atoms with E-state index in [4.69, 9.17) is 21.3 Å². The zero-order valence-electron chi connectivity index (χ0n) is 17.9. The first-order valence-electron chi connectivity index (χ1n) is 10.9. The summed E-state index contributed by atoms with van der Waals surface area (Å²) < 4.78 is 9.77. The third-order valence-corrected chi connectivity index (χ3v) is 6.24. The highest BCUT2D eigenvalue weighted by atomic mass is 35.5. The fourth-order valence-corrected chi connectivity index (χ4v) is 4.46. The van der Waals surface area contributed by atoms with Gasteiger partial charge in [-0.3, -0.25) is 0 Å². The van der Waals surface area contributed by atoms with Crippen LogP contribution in [0.1, 0.15) is 11.4 Å². The highest BCUT2D eigenvalue weighted by Crippen LogP contribution is 2.24. The van der Waals surface area contributed by atoms with Gasteiger partial charge in [0, 0.05) is 24.7 Å². The van der Waals surface area contributed by atoms with Gasteiger partial charge >= 0.3 is 0 Å². The zero-order valence-corrected chi connectivity index (χ0v) is 18.7. The van der Waals surface area contributed by atoms with Crippen molar-refractivity contribution in [2.75, 3.05) is 31.2 Å². The van der Waals surface area contributed by atoms with E-state index < -0.39 is 0 Å². The van der Waals surface area contributed by atoms with Crippen molar-refractivity contribution in [1.29, 1.82) is 0 Å². The average Bonchev–Trinajstić information content (AvgIpc) is 3.42. The molecule has 0 atom stereocenters. The Kier molecular flexibility index (Phi) is 5.16. The van der Waals surface area contributed by atoms with Gasteiger partial charge in [-0.25, -0.2) is 19.9 Å². The number of imidazole rings is 2. The Hall–Kier alpha value is -3.49. The number of para-hydroxylation sites is 2. The van der Waals surface area contributed by atoms with Gasteiger partial charge < -0.3 is 18.8 Å².